The van der Waals surface area contributed by atoms with Gasteiger partial charge in [-0.2, -0.15) is 0 Å². The lowest BCUT2D eigenvalue weighted by molar-refractivity contribution is -0.385. The average Bonchev–Trinajstić information content (AvgIpc) is 2.37. The van der Waals surface area contributed by atoms with Crippen molar-refractivity contribution in [2.75, 3.05) is 20.6 Å². The first kappa shape index (κ1) is 17.1. The van der Waals surface area contributed by atoms with Crippen LogP contribution in [0.5, 0.6) is 0 Å². The molecule has 0 unspecified atom stereocenters. The minimum Gasteiger partial charge on any atom is -0.350 e. The average molecular weight is 293 g/mol. The van der Waals surface area contributed by atoms with Crippen molar-refractivity contribution in [1.82, 2.24) is 10.2 Å². The van der Waals surface area contributed by atoms with Crippen molar-refractivity contribution < 1.29 is 9.72 Å². The molecule has 116 valence electrons. The van der Waals surface area contributed by atoms with Crippen LogP contribution in [0.25, 0.3) is 0 Å². The molecule has 1 amide bonds. The third kappa shape index (κ3) is 4.53. The summed E-state index contributed by atoms with van der Waals surface area (Å²) in [5, 5.41) is 13.7. The molecule has 0 saturated carbocycles. The van der Waals surface area contributed by atoms with Crippen molar-refractivity contribution in [3.05, 3.63) is 39.4 Å². The number of nitro groups is 1. The molecule has 1 aromatic carbocycles. The number of hydrogen-bond donors (Lipinski definition) is 1. The van der Waals surface area contributed by atoms with Gasteiger partial charge in [-0.05, 0) is 39.1 Å². The van der Waals surface area contributed by atoms with Gasteiger partial charge in [0.25, 0.3) is 11.6 Å². The topological polar surface area (TPSA) is 75.5 Å². The van der Waals surface area contributed by atoms with Crippen LogP contribution >= 0.6 is 0 Å². The molecule has 0 aliphatic rings. The number of rotatable bonds is 6. The summed E-state index contributed by atoms with van der Waals surface area (Å²) >= 11 is 0. The van der Waals surface area contributed by atoms with Gasteiger partial charge in [-0.3, -0.25) is 14.9 Å². The number of likely N-dealkylation sites (N-methyl/N-ethyl adjacent to an activating group) is 1. The van der Waals surface area contributed by atoms with Gasteiger partial charge in [0.15, 0.2) is 0 Å². The highest BCUT2D eigenvalue weighted by Gasteiger charge is 2.18. The number of carbonyl (C=O) groups is 1. The lowest BCUT2D eigenvalue weighted by Gasteiger charge is -2.28. The van der Waals surface area contributed by atoms with Gasteiger partial charge in [0, 0.05) is 29.8 Å². The highest BCUT2D eigenvalue weighted by atomic mass is 16.6. The van der Waals surface area contributed by atoms with E-state index >= 15 is 0 Å². The quantitative estimate of drug-likeness (QED) is 0.644. The van der Waals surface area contributed by atoms with Crippen molar-refractivity contribution in [1.29, 1.82) is 0 Å². The Morgan fingerprint density at radius 2 is 2.00 bits per heavy atom. The number of carbonyl (C=O) groups excluding carboxylic acids is 1. The highest BCUT2D eigenvalue weighted by Crippen LogP contribution is 2.18. The number of aryl methyl sites for hydroxylation is 1. The van der Waals surface area contributed by atoms with Crippen molar-refractivity contribution >= 4 is 11.6 Å². The van der Waals surface area contributed by atoms with Gasteiger partial charge < -0.3 is 10.2 Å². The van der Waals surface area contributed by atoms with Gasteiger partial charge in [-0.25, -0.2) is 0 Å². The Labute approximate surface area is 125 Å². The first-order chi connectivity index (χ1) is 9.73. The van der Waals surface area contributed by atoms with Crippen LogP contribution in [0, 0.1) is 23.0 Å². The summed E-state index contributed by atoms with van der Waals surface area (Å²) in [4.78, 5) is 24.5. The molecule has 6 heteroatoms. The molecule has 1 atom stereocenters. The van der Waals surface area contributed by atoms with Crippen LogP contribution in [0.2, 0.25) is 0 Å². The Kier molecular flexibility index (Phi) is 5.84. The number of nitrogens with zero attached hydrogens (tertiary/aromatic N) is 2. The third-order valence-corrected chi connectivity index (χ3v) is 3.56. The molecular formula is C15H23N3O3. The monoisotopic (exact) mass is 293 g/mol. The van der Waals surface area contributed by atoms with E-state index in [1.165, 1.54) is 12.1 Å². The van der Waals surface area contributed by atoms with Crippen LogP contribution in [-0.4, -0.2) is 42.4 Å². The van der Waals surface area contributed by atoms with E-state index in [2.05, 4.69) is 24.1 Å². The molecule has 21 heavy (non-hydrogen) atoms. The van der Waals surface area contributed by atoms with Crippen LogP contribution in [0.4, 0.5) is 5.69 Å². The van der Waals surface area contributed by atoms with Crippen LogP contribution < -0.4 is 5.32 Å². The number of hydrogen-bond acceptors (Lipinski definition) is 4. The molecule has 0 saturated heterocycles. The maximum Gasteiger partial charge on any atom is 0.272 e. The summed E-state index contributed by atoms with van der Waals surface area (Å²) < 4.78 is 0. The Bertz CT molecular complexity index is 519. The zero-order valence-electron chi connectivity index (χ0n) is 13.2. The summed E-state index contributed by atoms with van der Waals surface area (Å²) in [6, 6.07) is 4.65. The summed E-state index contributed by atoms with van der Waals surface area (Å²) in [7, 11) is 3.96. The summed E-state index contributed by atoms with van der Waals surface area (Å²) in [6.07, 6.45) is 0. The van der Waals surface area contributed by atoms with Crippen LogP contribution in [0.3, 0.4) is 0 Å². The zero-order chi connectivity index (χ0) is 16.2. The summed E-state index contributed by atoms with van der Waals surface area (Å²) in [5.74, 6) is 0.208. The predicted octanol–water partition coefficient (Wildman–Crippen LogP) is 2.22. The van der Waals surface area contributed by atoms with Gasteiger partial charge in [-0.15, -0.1) is 0 Å². The fourth-order valence-corrected chi connectivity index (χ4v) is 2.32. The number of amides is 1. The molecule has 0 fully saturated rings. The van der Waals surface area contributed by atoms with E-state index in [9.17, 15) is 14.9 Å². The molecule has 0 radical (unpaired) electrons. The summed E-state index contributed by atoms with van der Waals surface area (Å²) in [5.41, 5.74) is 0.958. The first-order valence-electron chi connectivity index (χ1n) is 6.93. The Morgan fingerprint density at radius 1 is 1.38 bits per heavy atom. The second-order valence-corrected chi connectivity index (χ2v) is 5.74. The van der Waals surface area contributed by atoms with E-state index in [-0.39, 0.29) is 17.6 Å². The van der Waals surface area contributed by atoms with E-state index in [4.69, 9.17) is 0 Å². The minimum absolute atomic E-state index is 0.0277. The molecule has 0 aliphatic carbocycles. The SMILES string of the molecule is Cc1cc(C(=O)NC[C@@H](C(C)C)N(C)C)ccc1[N+](=O)[O-]. The fraction of sp³-hybridized carbons (Fsp3) is 0.533. The van der Waals surface area contributed by atoms with Crippen molar-refractivity contribution in [2.45, 2.75) is 26.8 Å². The second-order valence-electron chi connectivity index (χ2n) is 5.74. The van der Waals surface area contributed by atoms with Crippen molar-refractivity contribution in [3.63, 3.8) is 0 Å². The Morgan fingerprint density at radius 3 is 2.43 bits per heavy atom. The maximum atomic E-state index is 12.1. The molecule has 1 aromatic rings. The van der Waals surface area contributed by atoms with E-state index in [1.807, 2.05) is 14.1 Å². The van der Waals surface area contributed by atoms with E-state index in [1.54, 1.807) is 13.0 Å². The smallest absolute Gasteiger partial charge is 0.272 e. The molecule has 1 rings (SSSR count). The molecule has 0 spiro atoms. The van der Waals surface area contributed by atoms with Crippen LogP contribution in [0.1, 0.15) is 29.8 Å². The van der Waals surface area contributed by atoms with Crippen LogP contribution in [0.15, 0.2) is 18.2 Å². The first-order valence-corrected chi connectivity index (χ1v) is 6.93. The normalized spacial score (nSPS) is 12.5. The van der Waals surface area contributed by atoms with E-state index < -0.39 is 4.92 Å². The highest BCUT2D eigenvalue weighted by molar-refractivity contribution is 5.94. The van der Waals surface area contributed by atoms with Crippen molar-refractivity contribution in [3.8, 4) is 0 Å². The fourth-order valence-electron chi connectivity index (χ4n) is 2.32. The van der Waals surface area contributed by atoms with Gasteiger partial charge in [-0.1, -0.05) is 13.8 Å². The molecule has 1 N–H and O–H groups in total. The Hall–Kier alpha value is -1.95. The van der Waals surface area contributed by atoms with Crippen LogP contribution in [-0.2, 0) is 0 Å². The van der Waals surface area contributed by atoms with Gasteiger partial charge >= 0.3 is 0 Å². The predicted molar refractivity (Wildman–Crippen MR) is 82.5 cm³/mol. The molecule has 0 aromatic heterocycles. The molecule has 6 nitrogen and oxygen atoms in total. The zero-order valence-corrected chi connectivity index (χ0v) is 13.2. The van der Waals surface area contributed by atoms with Gasteiger partial charge in [0.2, 0.25) is 0 Å². The third-order valence-electron chi connectivity index (χ3n) is 3.56. The van der Waals surface area contributed by atoms with Gasteiger partial charge in [0.1, 0.15) is 0 Å². The molecule has 0 bridgehead atoms. The lowest BCUT2D eigenvalue weighted by atomic mass is 10.0. The van der Waals surface area contributed by atoms with E-state index in [0.29, 0.717) is 23.6 Å². The molecular weight excluding hydrogens is 270 g/mol. The maximum absolute atomic E-state index is 12.1. The Balaban J connectivity index is 2.76. The standard InChI is InChI=1S/C15H23N3O3/c1-10(2)14(17(4)5)9-16-15(19)12-6-7-13(18(20)21)11(3)8-12/h6-8,10,14H,9H2,1-5H3,(H,16,19)/t14-/m0/s1. The molecule has 0 heterocycles. The minimum atomic E-state index is -0.447. The number of benzene rings is 1. The largest absolute Gasteiger partial charge is 0.350 e. The summed E-state index contributed by atoms with van der Waals surface area (Å²) in [6.45, 7) is 6.38. The number of nitro benzene ring substituents is 1. The molecule has 0 aliphatic heterocycles. The number of nitrogens with one attached hydrogen (secondary N) is 1. The lowest BCUT2D eigenvalue weighted by Crippen LogP contribution is -2.43. The van der Waals surface area contributed by atoms with Gasteiger partial charge in [0.05, 0.1) is 4.92 Å². The van der Waals surface area contributed by atoms with Crippen molar-refractivity contribution in [2.24, 2.45) is 5.92 Å². The second kappa shape index (κ2) is 7.17. The van der Waals surface area contributed by atoms with E-state index in [0.717, 1.165) is 0 Å².